The number of rotatable bonds is 2. The molecule has 0 aliphatic carbocycles. The molecule has 0 aliphatic heterocycles. The van der Waals surface area contributed by atoms with Crippen LogP contribution < -0.4 is 0 Å². The lowest BCUT2D eigenvalue weighted by atomic mass is 10.1. The van der Waals surface area contributed by atoms with Crippen LogP contribution in [-0.2, 0) is 0 Å². The summed E-state index contributed by atoms with van der Waals surface area (Å²) in [4.78, 5) is 21.0. The zero-order chi connectivity index (χ0) is 12.8. The minimum absolute atomic E-state index is 0.635. The Hall–Kier alpha value is -2.66. The highest BCUT2D eigenvalue weighted by Gasteiger charge is 1.91. The topological polar surface area (TPSA) is 34.1 Å². The Labute approximate surface area is 105 Å². The van der Waals surface area contributed by atoms with E-state index in [0.717, 1.165) is 23.7 Å². The molecule has 0 aliphatic rings. The fourth-order valence-electron chi connectivity index (χ4n) is 1.43. The molecular formula is C16H10O2. The molecule has 0 saturated heterocycles. The smallest absolute Gasteiger partial charge is 0.150 e. The molecule has 0 unspecified atom stereocenters. The van der Waals surface area contributed by atoms with Gasteiger partial charge in [0, 0.05) is 22.3 Å². The third-order valence-corrected chi connectivity index (χ3v) is 2.44. The molecule has 0 aromatic heterocycles. The Kier molecular flexibility index (Phi) is 3.68. The van der Waals surface area contributed by atoms with E-state index < -0.39 is 0 Å². The monoisotopic (exact) mass is 234 g/mol. The van der Waals surface area contributed by atoms with Gasteiger partial charge in [0.15, 0.2) is 0 Å². The maximum Gasteiger partial charge on any atom is 0.150 e. The third kappa shape index (κ3) is 2.93. The van der Waals surface area contributed by atoms with Gasteiger partial charge in [-0.25, -0.2) is 0 Å². The second kappa shape index (κ2) is 5.60. The van der Waals surface area contributed by atoms with Crippen molar-refractivity contribution in [3.05, 3.63) is 70.8 Å². The van der Waals surface area contributed by atoms with Gasteiger partial charge in [-0.1, -0.05) is 36.1 Å². The summed E-state index contributed by atoms with van der Waals surface area (Å²) >= 11 is 0. The molecule has 0 bridgehead atoms. The highest BCUT2D eigenvalue weighted by atomic mass is 16.1. The Bertz CT molecular complexity index is 555. The summed E-state index contributed by atoms with van der Waals surface area (Å²) in [5, 5.41) is 0. The first-order chi connectivity index (χ1) is 8.81. The van der Waals surface area contributed by atoms with E-state index in [4.69, 9.17) is 0 Å². The molecule has 18 heavy (non-hydrogen) atoms. The van der Waals surface area contributed by atoms with Gasteiger partial charge in [0.05, 0.1) is 0 Å². The van der Waals surface area contributed by atoms with Crippen LogP contribution in [0.25, 0.3) is 0 Å². The lowest BCUT2D eigenvalue weighted by Gasteiger charge is -1.92. The minimum Gasteiger partial charge on any atom is -0.298 e. The predicted molar refractivity (Wildman–Crippen MR) is 69.6 cm³/mol. The molecule has 0 amide bonds. The molecule has 86 valence electrons. The number of hydrogen-bond donors (Lipinski definition) is 0. The van der Waals surface area contributed by atoms with Crippen LogP contribution in [0.1, 0.15) is 31.8 Å². The van der Waals surface area contributed by atoms with Crippen LogP contribution in [0.3, 0.4) is 0 Å². The van der Waals surface area contributed by atoms with Crippen LogP contribution in [0.2, 0.25) is 0 Å². The second-order valence-corrected chi connectivity index (χ2v) is 3.73. The van der Waals surface area contributed by atoms with Crippen LogP contribution in [0.5, 0.6) is 0 Å². The zero-order valence-corrected chi connectivity index (χ0v) is 9.59. The van der Waals surface area contributed by atoms with Crippen molar-refractivity contribution in [3.8, 4) is 11.8 Å². The van der Waals surface area contributed by atoms with E-state index in [1.807, 2.05) is 0 Å². The lowest BCUT2D eigenvalue weighted by molar-refractivity contribution is 0.111. The zero-order valence-electron chi connectivity index (χ0n) is 9.59. The predicted octanol–water partition coefficient (Wildman–Crippen LogP) is 2.71. The molecule has 0 N–H and O–H groups in total. The van der Waals surface area contributed by atoms with Gasteiger partial charge in [-0.3, -0.25) is 9.59 Å². The van der Waals surface area contributed by atoms with Gasteiger partial charge < -0.3 is 0 Å². The highest BCUT2D eigenvalue weighted by molar-refractivity contribution is 5.75. The summed E-state index contributed by atoms with van der Waals surface area (Å²) in [6.07, 6.45) is 1.60. The van der Waals surface area contributed by atoms with Gasteiger partial charge in [0.25, 0.3) is 0 Å². The van der Waals surface area contributed by atoms with Crippen molar-refractivity contribution in [2.45, 2.75) is 0 Å². The first-order valence-corrected chi connectivity index (χ1v) is 5.44. The first-order valence-electron chi connectivity index (χ1n) is 5.44. The van der Waals surface area contributed by atoms with Crippen LogP contribution in [0.15, 0.2) is 48.5 Å². The lowest BCUT2D eigenvalue weighted by Crippen LogP contribution is -1.81. The average molecular weight is 234 g/mol. The standard InChI is InChI=1S/C16H10O2/c17-11-15-7-3-13(4-8-15)1-2-14-5-9-16(12-18)10-6-14/h3-12H. The summed E-state index contributed by atoms with van der Waals surface area (Å²) in [6, 6.07) is 14.1. The average Bonchev–Trinajstić information content (AvgIpc) is 2.46. The van der Waals surface area contributed by atoms with Crippen molar-refractivity contribution in [2.24, 2.45) is 0 Å². The number of hydrogen-bond acceptors (Lipinski definition) is 2. The molecule has 2 aromatic carbocycles. The third-order valence-electron chi connectivity index (χ3n) is 2.44. The molecular weight excluding hydrogens is 224 g/mol. The Morgan fingerprint density at radius 3 is 1.22 bits per heavy atom. The maximum absolute atomic E-state index is 10.5. The van der Waals surface area contributed by atoms with Crippen molar-refractivity contribution < 1.29 is 9.59 Å². The normalized spacial score (nSPS) is 9.11. The largest absolute Gasteiger partial charge is 0.298 e. The quantitative estimate of drug-likeness (QED) is 0.591. The summed E-state index contributed by atoms with van der Waals surface area (Å²) in [5.74, 6) is 5.99. The van der Waals surface area contributed by atoms with E-state index in [1.165, 1.54) is 0 Å². The number of aldehydes is 2. The number of benzene rings is 2. The van der Waals surface area contributed by atoms with E-state index in [-0.39, 0.29) is 0 Å². The number of carbonyl (C=O) groups excluding carboxylic acids is 2. The summed E-state index contributed by atoms with van der Waals surface area (Å²) < 4.78 is 0. The maximum atomic E-state index is 10.5. The van der Waals surface area contributed by atoms with Gasteiger partial charge in [-0.15, -0.1) is 0 Å². The van der Waals surface area contributed by atoms with Gasteiger partial charge >= 0.3 is 0 Å². The van der Waals surface area contributed by atoms with Crippen molar-refractivity contribution in [1.82, 2.24) is 0 Å². The van der Waals surface area contributed by atoms with E-state index >= 15 is 0 Å². The minimum atomic E-state index is 0.635. The molecule has 0 fully saturated rings. The summed E-state index contributed by atoms with van der Waals surface area (Å²) in [5.41, 5.74) is 2.96. The summed E-state index contributed by atoms with van der Waals surface area (Å²) in [6.45, 7) is 0. The molecule has 0 spiro atoms. The van der Waals surface area contributed by atoms with E-state index in [0.29, 0.717) is 11.1 Å². The van der Waals surface area contributed by atoms with Crippen LogP contribution in [0.4, 0.5) is 0 Å². The molecule has 0 atom stereocenters. The summed E-state index contributed by atoms with van der Waals surface area (Å²) in [7, 11) is 0. The van der Waals surface area contributed by atoms with Crippen molar-refractivity contribution >= 4 is 12.6 Å². The van der Waals surface area contributed by atoms with E-state index in [9.17, 15) is 9.59 Å². The van der Waals surface area contributed by atoms with Crippen molar-refractivity contribution in [2.75, 3.05) is 0 Å². The molecule has 2 aromatic rings. The SMILES string of the molecule is O=Cc1ccc(C#Cc2ccc(C=O)cc2)cc1. The molecule has 0 saturated carbocycles. The van der Waals surface area contributed by atoms with Gasteiger partial charge in [-0.2, -0.15) is 0 Å². The van der Waals surface area contributed by atoms with Gasteiger partial charge in [0.2, 0.25) is 0 Å². The number of carbonyl (C=O) groups is 2. The Balaban J connectivity index is 2.19. The molecule has 2 nitrogen and oxygen atoms in total. The van der Waals surface area contributed by atoms with E-state index in [1.54, 1.807) is 48.5 Å². The van der Waals surface area contributed by atoms with Crippen LogP contribution in [0, 0.1) is 11.8 Å². The fourth-order valence-corrected chi connectivity index (χ4v) is 1.43. The van der Waals surface area contributed by atoms with Crippen LogP contribution >= 0.6 is 0 Å². The van der Waals surface area contributed by atoms with Gasteiger partial charge in [0.1, 0.15) is 12.6 Å². The van der Waals surface area contributed by atoms with E-state index in [2.05, 4.69) is 11.8 Å². The Morgan fingerprint density at radius 1 is 0.611 bits per heavy atom. The molecule has 2 rings (SSSR count). The molecule has 0 heterocycles. The highest BCUT2D eigenvalue weighted by Crippen LogP contribution is 2.03. The fraction of sp³-hybridized carbons (Fsp3) is 0. The molecule has 0 radical (unpaired) electrons. The van der Waals surface area contributed by atoms with Crippen molar-refractivity contribution in [1.29, 1.82) is 0 Å². The van der Waals surface area contributed by atoms with Gasteiger partial charge in [-0.05, 0) is 24.3 Å². The second-order valence-electron chi connectivity index (χ2n) is 3.73. The van der Waals surface area contributed by atoms with Crippen LogP contribution in [-0.4, -0.2) is 12.6 Å². The Morgan fingerprint density at radius 2 is 0.944 bits per heavy atom. The first kappa shape index (κ1) is 11.8. The molecule has 2 heteroatoms. The van der Waals surface area contributed by atoms with Crippen molar-refractivity contribution in [3.63, 3.8) is 0 Å².